The zero-order valence-electron chi connectivity index (χ0n) is 10.8. The number of aromatic nitrogens is 2. The molecule has 0 atom stereocenters. The number of nitrogens with zero attached hydrogens (tertiary/aromatic N) is 3. The molecule has 1 N–H and O–H groups in total. The first-order valence-corrected chi connectivity index (χ1v) is 6.48. The van der Waals surface area contributed by atoms with Gasteiger partial charge in [-0.15, -0.1) is 0 Å². The van der Waals surface area contributed by atoms with Crippen molar-refractivity contribution in [2.75, 3.05) is 26.2 Å². The first-order chi connectivity index (χ1) is 8.24. The van der Waals surface area contributed by atoms with Crippen molar-refractivity contribution in [3.8, 4) is 0 Å². The molecule has 1 aliphatic rings. The van der Waals surface area contributed by atoms with E-state index in [9.17, 15) is 0 Å². The van der Waals surface area contributed by atoms with E-state index in [2.05, 4.69) is 34.2 Å². The Bertz CT molecular complexity index is 331. The molecule has 1 saturated heterocycles. The van der Waals surface area contributed by atoms with E-state index in [1.54, 1.807) is 0 Å². The summed E-state index contributed by atoms with van der Waals surface area (Å²) in [7, 11) is 0. The number of piperazine rings is 1. The lowest BCUT2D eigenvalue weighted by molar-refractivity contribution is 0.203. The lowest BCUT2D eigenvalue weighted by Crippen LogP contribution is -2.42. The van der Waals surface area contributed by atoms with Crippen LogP contribution in [0.3, 0.4) is 0 Å². The van der Waals surface area contributed by atoms with Crippen LogP contribution in [0.2, 0.25) is 0 Å². The molecule has 0 aliphatic carbocycles. The Morgan fingerprint density at radius 2 is 2.12 bits per heavy atom. The molecule has 1 aromatic rings. The highest BCUT2D eigenvalue weighted by molar-refractivity contribution is 4.87. The zero-order valence-corrected chi connectivity index (χ0v) is 10.8. The first-order valence-electron chi connectivity index (χ1n) is 6.48. The van der Waals surface area contributed by atoms with Crippen LogP contribution >= 0.6 is 0 Å². The van der Waals surface area contributed by atoms with E-state index < -0.39 is 0 Å². The van der Waals surface area contributed by atoms with E-state index in [4.69, 9.17) is 4.52 Å². The topological polar surface area (TPSA) is 54.2 Å². The molecule has 1 aliphatic heterocycles. The smallest absolute Gasteiger partial charge is 0.240 e. The molecule has 5 nitrogen and oxygen atoms in total. The Morgan fingerprint density at radius 3 is 2.82 bits per heavy atom. The normalized spacial score (nSPS) is 17.8. The van der Waals surface area contributed by atoms with Crippen molar-refractivity contribution in [2.24, 2.45) is 5.92 Å². The van der Waals surface area contributed by atoms with Crippen LogP contribution < -0.4 is 5.32 Å². The zero-order chi connectivity index (χ0) is 12.1. The molecule has 0 spiro atoms. The minimum Gasteiger partial charge on any atom is -0.338 e. The SMILES string of the molecule is CC(C)CCc1noc(CN2CCNCC2)n1. The fraction of sp³-hybridized carbons (Fsp3) is 0.833. The average molecular weight is 238 g/mol. The largest absolute Gasteiger partial charge is 0.338 e. The van der Waals surface area contributed by atoms with Crippen molar-refractivity contribution < 1.29 is 4.52 Å². The van der Waals surface area contributed by atoms with E-state index in [-0.39, 0.29) is 0 Å². The summed E-state index contributed by atoms with van der Waals surface area (Å²) in [6.45, 7) is 9.43. The minimum atomic E-state index is 0.685. The summed E-state index contributed by atoms with van der Waals surface area (Å²) in [6.07, 6.45) is 2.04. The predicted octanol–water partition coefficient (Wildman–Crippen LogP) is 1.06. The van der Waals surface area contributed by atoms with Crippen molar-refractivity contribution in [3.63, 3.8) is 0 Å². The maximum absolute atomic E-state index is 5.28. The third kappa shape index (κ3) is 4.09. The lowest BCUT2D eigenvalue weighted by Gasteiger charge is -2.25. The molecular weight excluding hydrogens is 216 g/mol. The van der Waals surface area contributed by atoms with Gasteiger partial charge in [0.25, 0.3) is 0 Å². The van der Waals surface area contributed by atoms with Crippen molar-refractivity contribution >= 4 is 0 Å². The average Bonchev–Trinajstić information content (AvgIpc) is 2.75. The Kier molecular flexibility index (Phi) is 4.50. The van der Waals surface area contributed by atoms with Gasteiger partial charge in [-0.2, -0.15) is 4.98 Å². The third-order valence-electron chi connectivity index (χ3n) is 3.02. The van der Waals surface area contributed by atoms with Crippen LogP contribution in [-0.2, 0) is 13.0 Å². The van der Waals surface area contributed by atoms with Gasteiger partial charge in [-0.25, -0.2) is 0 Å². The van der Waals surface area contributed by atoms with E-state index in [0.717, 1.165) is 57.3 Å². The van der Waals surface area contributed by atoms with Crippen LogP contribution in [0, 0.1) is 5.92 Å². The van der Waals surface area contributed by atoms with Gasteiger partial charge < -0.3 is 9.84 Å². The van der Waals surface area contributed by atoms with Gasteiger partial charge in [0.15, 0.2) is 5.82 Å². The van der Waals surface area contributed by atoms with Crippen LogP contribution in [0.5, 0.6) is 0 Å². The van der Waals surface area contributed by atoms with Crippen molar-refractivity contribution in [3.05, 3.63) is 11.7 Å². The third-order valence-corrected chi connectivity index (χ3v) is 3.02. The quantitative estimate of drug-likeness (QED) is 0.831. The van der Waals surface area contributed by atoms with Gasteiger partial charge in [0.1, 0.15) is 0 Å². The number of rotatable bonds is 5. The second-order valence-electron chi connectivity index (χ2n) is 5.06. The molecule has 1 aromatic heterocycles. The van der Waals surface area contributed by atoms with E-state index in [1.165, 1.54) is 0 Å². The number of aryl methyl sites for hydroxylation is 1. The van der Waals surface area contributed by atoms with Crippen LogP contribution in [0.25, 0.3) is 0 Å². The van der Waals surface area contributed by atoms with Crippen LogP contribution in [0.15, 0.2) is 4.52 Å². The fourth-order valence-corrected chi connectivity index (χ4v) is 1.93. The Labute approximate surface area is 103 Å². The van der Waals surface area contributed by atoms with E-state index in [1.807, 2.05) is 0 Å². The summed E-state index contributed by atoms with van der Waals surface area (Å²) < 4.78 is 5.28. The predicted molar refractivity (Wildman–Crippen MR) is 65.6 cm³/mol. The monoisotopic (exact) mass is 238 g/mol. The highest BCUT2D eigenvalue weighted by Crippen LogP contribution is 2.08. The molecular formula is C12H22N4O. The Balaban J connectivity index is 1.80. The molecule has 0 radical (unpaired) electrons. The number of hydrogen-bond acceptors (Lipinski definition) is 5. The van der Waals surface area contributed by atoms with Gasteiger partial charge in [-0.1, -0.05) is 19.0 Å². The van der Waals surface area contributed by atoms with Crippen molar-refractivity contribution in [1.82, 2.24) is 20.4 Å². The van der Waals surface area contributed by atoms with Crippen molar-refractivity contribution in [2.45, 2.75) is 33.2 Å². The molecule has 0 unspecified atom stereocenters. The number of hydrogen-bond donors (Lipinski definition) is 1. The molecule has 0 bridgehead atoms. The summed E-state index contributed by atoms with van der Waals surface area (Å²) in [6, 6.07) is 0. The Morgan fingerprint density at radius 1 is 1.35 bits per heavy atom. The van der Waals surface area contributed by atoms with E-state index >= 15 is 0 Å². The molecule has 1 fully saturated rings. The molecule has 17 heavy (non-hydrogen) atoms. The summed E-state index contributed by atoms with van der Waals surface area (Å²) in [5, 5.41) is 7.36. The standard InChI is InChI=1S/C12H22N4O/c1-10(2)3-4-11-14-12(17-15-11)9-16-7-5-13-6-8-16/h10,13H,3-9H2,1-2H3. The van der Waals surface area contributed by atoms with Gasteiger partial charge in [-0.05, 0) is 12.3 Å². The van der Waals surface area contributed by atoms with Gasteiger partial charge in [0.05, 0.1) is 6.54 Å². The summed E-state index contributed by atoms with van der Waals surface area (Å²) in [4.78, 5) is 6.78. The second-order valence-corrected chi connectivity index (χ2v) is 5.06. The second kappa shape index (κ2) is 6.12. The van der Waals surface area contributed by atoms with Gasteiger partial charge in [-0.3, -0.25) is 4.90 Å². The van der Waals surface area contributed by atoms with Crippen LogP contribution in [0.1, 0.15) is 32.0 Å². The van der Waals surface area contributed by atoms with Gasteiger partial charge >= 0.3 is 0 Å². The summed E-state index contributed by atoms with van der Waals surface area (Å²) >= 11 is 0. The molecule has 0 amide bonds. The minimum absolute atomic E-state index is 0.685. The molecule has 0 aromatic carbocycles. The maximum Gasteiger partial charge on any atom is 0.240 e. The van der Waals surface area contributed by atoms with Crippen LogP contribution in [0.4, 0.5) is 0 Å². The molecule has 0 saturated carbocycles. The summed E-state index contributed by atoms with van der Waals surface area (Å²) in [5.74, 6) is 2.29. The van der Waals surface area contributed by atoms with Crippen LogP contribution in [-0.4, -0.2) is 41.2 Å². The molecule has 96 valence electrons. The number of nitrogens with one attached hydrogen (secondary N) is 1. The fourth-order valence-electron chi connectivity index (χ4n) is 1.93. The summed E-state index contributed by atoms with van der Waals surface area (Å²) in [5.41, 5.74) is 0. The Hall–Kier alpha value is -0.940. The lowest BCUT2D eigenvalue weighted by atomic mass is 10.1. The van der Waals surface area contributed by atoms with E-state index in [0.29, 0.717) is 5.92 Å². The maximum atomic E-state index is 5.28. The van der Waals surface area contributed by atoms with Gasteiger partial charge in [0.2, 0.25) is 5.89 Å². The molecule has 5 heteroatoms. The first kappa shape index (κ1) is 12.5. The molecule has 2 rings (SSSR count). The highest BCUT2D eigenvalue weighted by atomic mass is 16.5. The van der Waals surface area contributed by atoms with Crippen molar-refractivity contribution in [1.29, 1.82) is 0 Å². The highest BCUT2D eigenvalue weighted by Gasteiger charge is 2.14. The molecule has 2 heterocycles. The van der Waals surface area contributed by atoms with Gasteiger partial charge in [0, 0.05) is 32.6 Å².